The normalized spacial score (nSPS) is 10.1. The van der Waals surface area contributed by atoms with Crippen LogP contribution < -0.4 is 5.32 Å². The molecule has 0 aliphatic rings. The van der Waals surface area contributed by atoms with Gasteiger partial charge in [0.2, 0.25) is 0 Å². The van der Waals surface area contributed by atoms with E-state index in [0.717, 1.165) is 11.8 Å². The van der Waals surface area contributed by atoms with Gasteiger partial charge in [-0.3, -0.25) is 0 Å². The maximum absolute atomic E-state index is 10.5. The summed E-state index contributed by atoms with van der Waals surface area (Å²) in [6.45, 7) is 11.6. The molecule has 2 N–H and O–H groups in total. The van der Waals surface area contributed by atoms with Gasteiger partial charge in [0, 0.05) is 17.0 Å². The fourth-order valence-electron chi connectivity index (χ4n) is 1.34. The predicted octanol–water partition coefficient (Wildman–Crippen LogP) is 2.24. The second-order valence-corrected chi connectivity index (χ2v) is 5.57. The fraction of sp³-hybridized carbons (Fsp3) is 0.533. The zero-order chi connectivity index (χ0) is 14.0. The molecule has 1 aromatic carbocycles. The van der Waals surface area contributed by atoms with Crippen molar-refractivity contribution in [1.82, 2.24) is 0 Å². The molecule has 0 heterocycles. The van der Waals surface area contributed by atoms with Crippen molar-refractivity contribution in [3.8, 4) is 0 Å². The van der Waals surface area contributed by atoms with Gasteiger partial charge in [-0.1, -0.05) is 58.0 Å². The van der Waals surface area contributed by atoms with Gasteiger partial charge in [0.05, 0.1) is 13.1 Å². The van der Waals surface area contributed by atoms with E-state index in [9.17, 15) is 4.79 Å². The molecule has 0 saturated heterocycles. The Balaban J connectivity index is 0.000000321. The third-order valence-corrected chi connectivity index (χ3v) is 2.52. The monoisotopic (exact) mass is 267 g/mol. The van der Waals surface area contributed by atoms with Gasteiger partial charge >= 0.3 is 0 Å². The Morgan fingerprint density at radius 2 is 1.50 bits per heavy atom. The summed E-state index contributed by atoms with van der Waals surface area (Å²) in [5, 5.41) is 2.10. The number of carbonyl (C=O) groups excluding carboxylic acids is 1. The lowest BCUT2D eigenvalue weighted by molar-refractivity contribution is -0.664. The van der Waals surface area contributed by atoms with Crippen LogP contribution in [0.15, 0.2) is 30.3 Å². The van der Waals surface area contributed by atoms with Crippen molar-refractivity contribution in [2.45, 2.75) is 27.7 Å². The molecule has 0 aromatic heterocycles. The molecule has 0 unspecified atom stereocenters. The maximum atomic E-state index is 10.5. The molecule has 0 amide bonds. The minimum atomic E-state index is -0.296. The van der Waals surface area contributed by atoms with E-state index >= 15 is 0 Å². The minimum absolute atomic E-state index is 0.296. The highest BCUT2D eigenvalue weighted by molar-refractivity contribution is 7.77. The molecule has 1 aromatic rings. The summed E-state index contributed by atoms with van der Waals surface area (Å²) in [5.74, 6) is 1.67. The van der Waals surface area contributed by atoms with Crippen LogP contribution in [0.1, 0.15) is 38.1 Å². The molecule has 0 fully saturated rings. The van der Waals surface area contributed by atoms with Crippen molar-refractivity contribution in [3.63, 3.8) is 0 Å². The van der Waals surface area contributed by atoms with E-state index in [1.54, 1.807) is 24.3 Å². The van der Waals surface area contributed by atoms with E-state index in [2.05, 4.69) is 45.6 Å². The molecule has 0 aliphatic heterocycles. The lowest BCUT2D eigenvalue weighted by Crippen LogP contribution is -2.86. The molecule has 0 spiro atoms. The molecule has 0 radical (unpaired) electrons. The standard InChI is InChI=1S/C8H19N.C7H6OS/c1-7(2)5-9-6-8(3)4;8-7(9)6-4-2-1-3-5-6/h7-9H,5-6H2,1-4H3;1-5H,(H,8,9). The summed E-state index contributed by atoms with van der Waals surface area (Å²) in [5.41, 5.74) is 0.590. The summed E-state index contributed by atoms with van der Waals surface area (Å²) >= 11 is 4.41. The molecular formula is C15H25NOS. The number of hydrogen-bond acceptors (Lipinski definition) is 2. The first-order chi connectivity index (χ1) is 8.43. The molecule has 102 valence electrons. The lowest BCUT2D eigenvalue weighted by Gasteiger charge is -2.05. The largest absolute Gasteiger partial charge is 0.737 e. The maximum Gasteiger partial charge on any atom is 0.0778 e. The molecule has 0 saturated carbocycles. The van der Waals surface area contributed by atoms with E-state index in [1.165, 1.54) is 13.1 Å². The number of benzene rings is 1. The molecular weight excluding hydrogens is 242 g/mol. The minimum Gasteiger partial charge on any atom is -0.737 e. The first kappa shape index (κ1) is 17.1. The van der Waals surface area contributed by atoms with Crippen LogP contribution >= 0.6 is 0 Å². The van der Waals surface area contributed by atoms with Gasteiger partial charge in [-0.2, -0.15) is 0 Å². The van der Waals surface area contributed by atoms with Crippen LogP contribution in [-0.4, -0.2) is 18.2 Å². The Morgan fingerprint density at radius 3 is 1.78 bits per heavy atom. The van der Waals surface area contributed by atoms with Gasteiger partial charge in [0.15, 0.2) is 0 Å². The van der Waals surface area contributed by atoms with Crippen LogP contribution in [0.5, 0.6) is 0 Å². The van der Waals surface area contributed by atoms with Gasteiger partial charge in [0.25, 0.3) is 0 Å². The first-order valence-electron chi connectivity index (χ1n) is 6.51. The molecule has 0 bridgehead atoms. The van der Waals surface area contributed by atoms with Crippen LogP contribution in [0.25, 0.3) is 0 Å². The van der Waals surface area contributed by atoms with Gasteiger partial charge in [-0.25, -0.2) is 0 Å². The van der Waals surface area contributed by atoms with Gasteiger partial charge in [0.1, 0.15) is 0 Å². The summed E-state index contributed by atoms with van der Waals surface area (Å²) < 4.78 is 0. The quantitative estimate of drug-likeness (QED) is 0.830. The number of hydrogen-bond donors (Lipinski definition) is 1. The number of quaternary nitrogens is 1. The van der Waals surface area contributed by atoms with Gasteiger partial charge in [-0.05, 0) is 5.56 Å². The Hall–Kier alpha value is -0.930. The zero-order valence-corrected chi connectivity index (χ0v) is 12.7. The summed E-state index contributed by atoms with van der Waals surface area (Å²) in [4.78, 5) is 10.5. The highest BCUT2D eigenvalue weighted by Crippen LogP contribution is 1.96. The first-order valence-corrected chi connectivity index (χ1v) is 6.92. The van der Waals surface area contributed by atoms with Crippen molar-refractivity contribution in [2.75, 3.05) is 13.1 Å². The summed E-state index contributed by atoms with van der Waals surface area (Å²) in [7, 11) is 0. The third-order valence-electron chi connectivity index (χ3n) is 2.29. The molecule has 18 heavy (non-hydrogen) atoms. The van der Waals surface area contributed by atoms with Crippen molar-refractivity contribution >= 4 is 17.7 Å². The SMILES string of the molecule is CC(C)C[NH2+]CC(C)C.O=C([S-])c1ccccc1. The highest BCUT2D eigenvalue weighted by Gasteiger charge is 1.97. The summed E-state index contributed by atoms with van der Waals surface area (Å²) in [6, 6.07) is 8.84. The summed E-state index contributed by atoms with van der Waals surface area (Å²) in [6.07, 6.45) is 0. The van der Waals surface area contributed by atoms with Crippen LogP contribution in [-0.2, 0) is 12.6 Å². The Morgan fingerprint density at radius 1 is 1.06 bits per heavy atom. The lowest BCUT2D eigenvalue weighted by atomic mass is 10.2. The average molecular weight is 267 g/mol. The molecule has 1 rings (SSSR count). The van der Waals surface area contributed by atoms with E-state index in [1.807, 2.05) is 6.07 Å². The Kier molecular flexibility index (Phi) is 9.52. The highest BCUT2D eigenvalue weighted by atomic mass is 32.1. The third kappa shape index (κ3) is 10.2. The molecule has 0 aliphatic carbocycles. The average Bonchev–Trinajstić information content (AvgIpc) is 2.30. The molecule has 3 heteroatoms. The fourth-order valence-corrected chi connectivity index (χ4v) is 1.47. The van der Waals surface area contributed by atoms with Crippen LogP contribution in [0.4, 0.5) is 0 Å². The number of rotatable bonds is 5. The van der Waals surface area contributed by atoms with Crippen LogP contribution in [0.2, 0.25) is 0 Å². The van der Waals surface area contributed by atoms with Gasteiger partial charge in [-0.15, -0.1) is 0 Å². The van der Waals surface area contributed by atoms with Crippen LogP contribution in [0.3, 0.4) is 0 Å². The van der Waals surface area contributed by atoms with E-state index in [4.69, 9.17) is 0 Å². The van der Waals surface area contributed by atoms with Crippen molar-refractivity contribution < 1.29 is 10.1 Å². The number of nitrogens with two attached hydrogens (primary N) is 1. The topological polar surface area (TPSA) is 33.7 Å². The zero-order valence-electron chi connectivity index (χ0n) is 11.8. The Bertz CT molecular complexity index is 315. The smallest absolute Gasteiger partial charge is 0.0778 e. The van der Waals surface area contributed by atoms with E-state index in [0.29, 0.717) is 5.56 Å². The van der Waals surface area contributed by atoms with E-state index in [-0.39, 0.29) is 5.12 Å². The number of carbonyl (C=O) groups is 1. The second-order valence-electron chi connectivity index (χ2n) is 5.20. The predicted molar refractivity (Wildman–Crippen MR) is 79.5 cm³/mol. The van der Waals surface area contributed by atoms with Gasteiger partial charge < -0.3 is 22.7 Å². The van der Waals surface area contributed by atoms with Crippen molar-refractivity contribution in [1.29, 1.82) is 0 Å². The van der Waals surface area contributed by atoms with Crippen molar-refractivity contribution in [2.24, 2.45) is 11.8 Å². The molecule has 0 atom stereocenters. The van der Waals surface area contributed by atoms with Crippen molar-refractivity contribution in [3.05, 3.63) is 35.9 Å². The van der Waals surface area contributed by atoms with Crippen LogP contribution in [0, 0.1) is 11.8 Å². The Labute approximate surface area is 117 Å². The molecule has 2 nitrogen and oxygen atoms in total. The second kappa shape index (κ2) is 10.0. The van der Waals surface area contributed by atoms with E-state index < -0.39 is 0 Å².